The number of hydrogen-bond donors (Lipinski definition) is 2. The minimum Gasteiger partial charge on any atom is -0.484 e. The Morgan fingerprint density at radius 2 is 1.91 bits per heavy atom. The van der Waals surface area contributed by atoms with Gasteiger partial charge in [0.05, 0.1) is 0 Å². The Balaban J connectivity index is 2.17. The van der Waals surface area contributed by atoms with Crippen molar-refractivity contribution in [2.24, 2.45) is 0 Å². The third-order valence-electron chi connectivity index (χ3n) is 2.90. The number of ether oxygens (including phenoxy) is 2. The van der Waals surface area contributed by atoms with Gasteiger partial charge in [0, 0.05) is 13.1 Å². The average Bonchev–Trinajstić information content (AvgIpc) is 2.50. The van der Waals surface area contributed by atoms with Gasteiger partial charge in [-0.1, -0.05) is 18.7 Å². The van der Waals surface area contributed by atoms with Gasteiger partial charge in [-0.15, -0.1) is 0 Å². The van der Waals surface area contributed by atoms with Crippen LogP contribution in [0.4, 0.5) is 4.79 Å². The molecule has 6 nitrogen and oxygen atoms in total. The maximum absolute atomic E-state index is 11.6. The van der Waals surface area contributed by atoms with Crippen LogP contribution in [0.3, 0.4) is 0 Å². The normalized spacial score (nSPS) is 9.73. The molecule has 1 aromatic rings. The molecule has 22 heavy (non-hydrogen) atoms. The Bertz CT molecular complexity index is 529. The maximum atomic E-state index is 11.6. The summed E-state index contributed by atoms with van der Waals surface area (Å²) in [4.78, 5) is 22.7. The number of benzene rings is 1. The van der Waals surface area contributed by atoms with Crippen molar-refractivity contribution in [3.8, 4) is 5.75 Å². The summed E-state index contributed by atoms with van der Waals surface area (Å²) in [7, 11) is 0. The van der Waals surface area contributed by atoms with Crippen molar-refractivity contribution in [2.75, 3.05) is 26.3 Å². The zero-order valence-corrected chi connectivity index (χ0v) is 13.0. The Morgan fingerprint density at radius 3 is 2.59 bits per heavy atom. The minimum atomic E-state index is -0.541. The van der Waals surface area contributed by atoms with Gasteiger partial charge in [0.15, 0.2) is 6.61 Å². The molecule has 0 bridgehead atoms. The Morgan fingerprint density at radius 1 is 1.18 bits per heavy atom. The summed E-state index contributed by atoms with van der Waals surface area (Å²) in [6.07, 6.45) is 0.936. The molecule has 0 fully saturated rings. The summed E-state index contributed by atoms with van der Waals surface area (Å²) < 4.78 is 10.1. The molecule has 2 amide bonds. The third kappa shape index (κ3) is 6.78. The number of aryl methyl sites for hydroxylation is 2. The SMILES string of the molecule is C=CCOC(=O)NCCNC(=O)COc1ccc(C)c(C)c1. The van der Waals surface area contributed by atoms with Crippen LogP contribution < -0.4 is 15.4 Å². The Labute approximate surface area is 130 Å². The molecular weight excluding hydrogens is 284 g/mol. The molecule has 0 aromatic heterocycles. The number of amides is 2. The molecule has 0 aliphatic rings. The lowest BCUT2D eigenvalue weighted by atomic mass is 10.1. The molecule has 0 aliphatic carbocycles. The van der Waals surface area contributed by atoms with Gasteiger partial charge in [0.25, 0.3) is 5.91 Å². The van der Waals surface area contributed by atoms with Gasteiger partial charge >= 0.3 is 6.09 Å². The largest absolute Gasteiger partial charge is 0.484 e. The van der Waals surface area contributed by atoms with Crippen LogP contribution in [-0.2, 0) is 9.53 Å². The molecule has 0 saturated heterocycles. The van der Waals surface area contributed by atoms with Crippen LogP contribution in [0.25, 0.3) is 0 Å². The van der Waals surface area contributed by atoms with Crippen molar-refractivity contribution in [3.63, 3.8) is 0 Å². The molecule has 6 heteroatoms. The van der Waals surface area contributed by atoms with E-state index < -0.39 is 6.09 Å². The number of nitrogens with one attached hydrogen (secondary N) is 2. The van der Waals surface area contributed by atoms with E-state index in [-0.39, 0.29) is 25.7 Å². The van der Waals surface area contributed by atoms with Crippen molar-refractivity contribution in [1.82, 2.24) is 10.6 Å². The van der Waals surface area contributed by atoms with E-state index in [0.717, 1.165) is 5.56 Å². The predicted molar refractivity (Wildman–Crippen MR) is 84.0 cm³/mol. The zero-order valence-electron chi connectivity index (χ0n) is 13.0. The topological polar surface area (TPSA) is 76.7 Å². The van der Waals surface area contributed by atoms with E-state index in [9.17, 15) is 9.59 Å². The molecule has 0 saturated carbocycles. The molecule has 0 unspecified atom stereocenters. The van der Waals surface area contributed by atoms with Gasteiger partial charge in [0.2, 0.25) is 0 Å². The standard InChI is InChI=1S/C16H22N2O4/c1-4-9-21-16(20)18-8-7-17-15(19)11-22-14-6-5-12(2)13(3)10-14/h4-6,10H,1,7-9,11H2,2-3H3,(H,17,19)(H,18,20). The number of alkyl carbamates (subject to hydrolysis) is 1. The van der Waals surface area contributed by atoms with Crippen molar-refractivity contribution >= 4 is 12.0 Å². The second-order valence-corrected chi connectivity index (χ2v) is 4.70. The van der Waals surface area contributed by atoms with Crippen LogP contribution in [-0.4, -0.2) is 38.3 Å². The molecule has 2 N–H and O–H groups in total. The first kappa shape index (κ1) is 17.6. The zero-order chi connectivity index (χ0) is 16.4. The molecule has 1 rings (SSSR count). The molecule has 0 radical (unpaired) electrons. The molecule has 0 aliphatic heterocycles. The van der Waals surface area contributed by atoms with Crippen molar-refractivity contribution < 1.29 is 19.1 Å². The van der Waals surface area contributed by atoms with E-state index in [1.165, 1.54) is 11.6 Å². The minimum absolute atomic E-state index is 0.0661. The average molecular weight is 306 g/mol. The van der Waals surface area contributed by atoms with E-state index in [2.05, 4.69) is 17.2 Å². The third-order valence-corrected chi connectivity index (χ3v) is 2.90. The van der Waals surface area contributed by atoms with Crippen LogP contribution in [0.15, 0.2) is 30.9 Å². The predicted octanol–water partition coefficient (Wildman–Crippen LogP) is 1.71. The Hall–Kier alpha value is -2.50. The summed E-state index contributed by atoms with van der Waals surface area (Å²) >= 11 is 0. The number of carbonyl (C=O) groups is 2. The van der Waals surface area contributed by atoms with E-state index in [4.69, 9.17) is 9.47 Å². The number of hydrogen-bond acceptors (Lipinski definition) is 4. The van der Waals surface area contributed by atoms with Crippen molar-refractivity contribution in [2.45, 2.75) is 13.8 Å². The van der Waals surface area contributed by atoms with Gasteiger partial charge in [-0.25, -0.2) is 4.79 Å². The lowest BCUT2D eigenvalue weighted by molar-refractivity contribution is -0.123. The van der Waals surface area contributed by atoms with Crippen LogP contribution in [0.2, 0.25) is 0 Å². The summed E-state index contributed by atoms with van der Waals surface area (Å²) in [6, 6.07) is 5.66. The monoisotopic (exact) mass is 306 g/mol. The lowest BCUT2D eigenvalue weighted by Crippen LogP contribution is -2.37. The summed E-state index contributed by atoms with van der Waals surface area (Å²) in [5, 5.41) is 5.13. The summed E-state index contributed by atoms with van der Waals surface area (Å²) in [5.41, 5.74) is 2.28. The molecular formula is C16H22N2O4. The van der Waals surface area contributed by atoms with E-state index >= 15 is 0 Å². The molecule has 0 atom stereocenters. The highest BCUT2D eigenvalue weighted by Crippen LogP contribution is 2.16. The molecule has 0 heterocycles. The molecule has 0 spiro atoms. The van der Waals surface area contributed by atoms with Gasteiger partial charge < -0.3 is 20.1 Å². The van der Waals surface area contributed by atoms with Crippen LogP contribution in [0, 0.1) is 13.8 Å². The van der Waals surface area contributed by atoms with Crippen molar-refractivity contribution in [1.29, 1.82) is 0 Å². The summed E-state index contributed by atoms with van der Waals surface area (Å²) in [5.74, 6) is 0.406. The maximum Gasteiger partial charge on any atom is 0.407 e. The lowest BCUT2D eigenvalue weighted by Gasteiger charge is -2.09. The second kappa shape index (κ2) is 9.44. The first-order valence-corrected chi connectivity index (χ1v) is 7.01. The number of carbonyl (C=O) groups excluding carboxylic acids is 2. The van der Waals surface area contributed by atoms with Gasteiger partial charge in [-0.2, -0.15) is 0 Å². The van der Waals surface area contributed by atoms with Gasteiger partial charge in [-0.3, -0.25) is 4.79 Å². The smallest absolute Gasteiger partial charge is 0.407 e. The van der Waals surface area contributed by atoms with Crippen molar-refractivity contribution in [3.05, 3.63) is 42.0 Å². The quantitative estimate of drug-likeness (QED) is 0.566. The van der Waals surface area contributed by atoms with Crippen LogP contribution in [0.5, 0.6) is 5.75 Å². The van der Waals surface area contributed by atoms with Gasteiger partial charge in [0.1, 0.15) is 12.4 Å². The second-order valence-electron chi connectivity index (χ2n) is 4.70. The first-order chi connectivity index (χ1) is 10.5. The van der Waals surface area contributed by atoms with E-state index in [1.54, 1.807) is 0 Å². The van der Waals surface area contributed by atoms with E-state index in [0.29, 0.717) is 12.3 Å². The van der Waals surface area contributed by atoms with E-state index in [1.807, 2.05) is 32.0 Å². The first-order valence-electron chi connectivity index (χ1n) is 7.01. The fourth-order valence-corrected chi connectivity index (χ4v) is 1.56. The number of rotatable bonds is 8. The highest BCUT2D eigenvalue weighted by molar-refractivity contribution is 5.77. The molecule has 120 valence electrons. The fraction of sp³-hybridized carbons (Fsp3) is 0.375. The fourth-order valence-electron chi connectivity index (χ4n) is 1.56. The Kier molecular flexibility index (Phi) is 7.53. The molecule has 1 aromatic carbocycles. The van der Waals surface area contributed by atoms with Crippen LogP contribution >= 0.6 is 0 Å². The highest BCUT2D eigenvalue weighted by atomic mass is 16.5. The van der Waals surface area contributed by atoms with Crippen LogP contribution in [0.1, 0.15) is 11.1 Å². The highest BCUT2D eigenvalue weighted by Gasteiger charge is 2.04. The summed E-state index contributed by atoms with van der Waals surface area (Å²) in [6.45, 7) is 8.11. The van der Waals surface area contributed by atoms with Gasteiger partial charge in [-0.05, 0) is 37.1 Å².